The smallest absolute Gasteiger partial charge is 0.262 e. The molecule has 170 valence electrons. The minimum Gasteiger partial charge on any atom is -0.379 e. The Bertz CT molecular complexity index is 1130. The van der Waals surface area contributed by atoms with Crippen LogP contribution in [-0.4, -0.2) is 33.9 Å². The molecular formula is C24H28ClN3O3S. The van der Waals surface area contributed by atoms with E-state index in [1.165, 1.54) is 17.3 Å². The van der Waals surface area contributed by atoms with Gasteiger partial charge in [-0.05, 0) is 51.0 Å². The van der Waals surface area contributed by atoms with Gasteiger partial charge in [0.2, 0.25) is 5.91 Å². The Kier molecular flexibility index (Phi) is 8.73. The third kappa shape index (κ3) is 6.82. The first kappa shape index (κ1) is 24.3. The molecule has 0 saturated carbocycles. The standard InChI is InChI=1S/C24H28ClN3O3S/c1-16(2)31-12-4-11-28-23(30)20-10-9-19(25)13-21(20)27-24(28)32-15-22(29)26-14-18-7-5-17(3)6-8-18/h5-10,13,16H,4,11-12,14-15H2,1-3H3,(H,26,29). The average Bonchev–Trinajstić information content (AvgIpc) is 2.75. The summed E-state index contributed by atoms with van der Waals surface area (Å²) in [6, 6.07) is 13.1. The monoisotopic (exact) mass is 473 g/mol. The van der Waals surface area contributed by atoms with Crippen LogP contribution in [-0.2, 0) is 22.6 Å². The predicted octanol–water partition coefficient (Wildman–Crippen LogP) is 4.58. The number of carbonyl (C=O) groups excluding carboxylic acids is 1. The van der Waals surface area contributed by atoms with Crippen molar-refractivity contribution in [3.05, 3.63) is 69.0 Å². The van der Waals surface area contributed by atoms with Crippen molar-refractivity contribution in [2.24, 2.45) is 0 Å². The first-order chi connectivity index (χ1) is 15.3. The SMILES string of the molecule is Cc1ccc(CNC(=O)CSc2nc3cc(Cl)ccc3c(=O)n2CCCOC(C)C)cc1. The largest absolute Gasteiger partial charge is 0.379 e. The zero-order valence-corrected chi connectivity index (χ0v) is 20.1. The molecule has 0 aliphatic carbocycles. The number of ether oxygens (including phenoxy) is 1. The summed E-state index contributed by atoms with van der Waals surface area (Å²) in [6.45, 7) is 7.44. The van der Waals surface area contributed by atoms with Crippen LogP contribution in [0.5, 0.6) is 0 Å². The summed E-state index contributed by atoms with van der Waals surface area (Å²) < 4.78 is 7.22. The number of nitrogens with zero attached hydrogens (tertiary/aromatic N) is 2. The highest BCUT2D eigenvalue weighted by Crippen LogP contribution is 2.21. The fourth-order valence-electron chi connectivity index (χ4n) is 3.11. The summed E-state index contributed by atoms with van der Waals surface area (Å²) >= 11 is 7.34. The zero-order chi connectivity index (χ0) is 23.1. The van der Waals surface area contributed by atoms with Crippen LogP contribution in [0.1, 0.15) is 31.4 Å². The van der Waals surface area contributed by atoms with Crippen LogP contribution in [0.4, 0.5) is 0 Å². The Morgan fingerprint density at radius 2 is 1.97 bits per heavy atom. The van der Waals surface area contributed by atoms with Gasteiger partial charge in [-0.15, -0.1) is 0 Å². The number of benzene rings is 2. The van der Waals surface area contributed by atoms with E-state index < -0.39 is 0 Å². The predicted molar refractivity (Wildman–Crippen MR) is 130 cm³/mol. The molecule has 1 N–H and O–H groups in total. The van der Waals surface area contributed by atoms with E-state index in [9.17, 15) is 9.59 Å². The number of amides is 1. The molecule has 0 atom stereocenters. The quantitative estimate of drug-likeness (QED) is 0.265. The minimum atomic E-state index is -0.140. The first-order valence-corrected chi connectivity index (χ1v) is 12.0. The van der Waals surface area contributed by atoms with Gasteiger partial charge in [-0.25, -0.2) is 4.98 Å². The number of aryl methyl sites for hydroxylation is 1. The lowest BCUT2D eigenvalue weighted by atomic mass is 10.1. The minimum absolute atomic E-state index is 0.120. The molecule has 0 radical (unpaired) electrons. The van der Waals surface area contributed by atoms with Gasteiger partial charge in [-0.3, -0.25) is 14.2 Å². The number of hydrogen-bond acceptors (Lipinski definition) is 5. The van der Waals surface area contributed by atoms with Gasteiger partial charge in [0.05, 0.1) is 22.8 Å². The van der Waals surface area contributed by atoms with Crippen molar-refractivity contribution in [1.82, 2.24) is 14.9 Å². The molecule has 1 aromatic heterocycles. The Morgan fingerprint density at radius 1 is 1.22 bits per heavy atom. The lowest BCUT2D eigenvalue weighted by Gasteiger charge is -2.14. The fraction of sp³-hybridized carbons (Fsp3) is 0.375. The van der Waals surface area contributed by atoms with Gasteiger partial charge in [0.1, 0.15) is 0 Å². The number of rotatable bonds is 10. The van der Waals surface area contributed by atoms with E-state index >= 15 is 0 Å². The van der Waals surface area contributed by atoms with Crippen LogP contribution in [0.25, 0.3) is 10.9 Å². The highest BCUT2D eigenvalue weighted by Gasteiger charge is 2.14. The summed E-state index contributed by atoms with van der Waals surface area (Å²) in [7, 11) is 0. The Hall–Kier alpha value is -2.35. The molecule has 0 aliphatic rings. The molecule has 8 heteroatoms. The fourth-order valence-corrected chi connectivity index (χ4v) is 4.13. The highest BCUT2D eigenvalue weighted by atomic mass is 35.5. The number of carbonyl (C=O) groups is 1. The number of nitrogens with one attached hydrogen (secondary N) is 1. The second-order valence-corrected chi connectivity index (χ2v) is 9.22. The normalized spacial score (nSPS) is 11.3. The van der Waals surface area contributed by atoms with Gasteiger partial charge in [-0.1, -0.05) is 53.2 Å². The Labute approximate surface area is 197 Å². The number of hydrogen-bond donors (Lipinski definition) is 1. The van der Waals surface area contributed by atoms with Crippen LogP contribution in [0, 0.1) is 6.92 Å². The van der Waals surface area contributed by atoms with Crippen LogP contribution < -0.4 is 10.9 Å². The number of halogens is 1. The molecule has 0 aliphatic heterocycles. The van der Waals surface area contributed by atoms with Crippen LogP contribution in [0.15, 0.2) is 52.4 Å². The van der Waals surface area contributed by atoms with Crippen LogP contribution in [0.2, 0.25) is 5.02 Å². The van der Waals surface area contributed by atoms with Crippen LogP contribution in [0.3, 0.4) is 0 Å². The first-order valence-electron chi connectivity index (χ1n) is 10.6. The molecule has 0 unspecified atom stereocenters. The zero-order valence-electron chi connectivity index (χ0n) is 18.6. The van der Waals surface area contributed by atoms with E-state index in [0.717, 1.165) is 5.56 Å². The topological polar surface area (TPSA) is 73.2 Å². The Balaban J connectivity index is 1.72. The Morgan fingerprint density at radius 3 is 2.69 bits per heavy atom. The van der Waals surface area contributed by atoms with Crippen LogP contribution >= 0.6 is 23.4 Å². The molecule has 6 nitrogen and oxygen atoms in total. The van der Waals surface area contributed by atoms with E-state index in [1.54, 1.807) is 22.8 Å². The van der Waals surface area contributed by atoms with Crippen molar-refractivity contribution >= 4 is 40.2 Å². The summed E-state index contributed by atoms with van der Waals surface area (Å²) in [4.78, 5) is 30.1. The van der Waals surface area contributed by atoms with E-state index in [-0.39, 0.29) is 23.3 Å². The van der Waals surface area contributed by atoms with Gasteiger partial charge in [0, 0.05) is 24.7 Å². The average molecular weight is 474 g/mol. The molecule has 0 fully saturated rings. The summed E-state index contributed by atoms with van der Waals surface area (Å²) in [6.07, 6.45) is 0.807. The maximum atomic E-state index is 13.1. The summed E-state index contributed by atoms with van der Waals surface area (Å²) in [5.41, 5.74) is 2.60. The van der Waals surface area contributed by atoms with E-state index in [0.29, 0.717) is 47.2 Å². The van der Waals surface area contributed by atoms with E-state index in [4.69, 9.17) is 16.3 Å². The molecule has 3 aromatic rings. The number of thioether (sulfide) groups is 1. The second-order valence-electron chi connectivity index (χ2n) is 7.84. The van der Waals surface area contributed by atoms with Crippen molar-refractivity contribution in [2.75, 3.05) is 12.4 Å². The molecular weight excluding hydrogens is 446 g/mol. The second kappa shape index (κ2) is 11.5. The maximum Gasteiger partial charge on any atom is 0.262 e. The number of fused-ring (bicyclic) bond motifs is 1. The maximum absolute atomic E-state index is 13.1. The van der Waals surface area contributed by atoms with Crippen molar-refractivity contribution < 1.29 is 9.53 Å². The number of aromatic nitrogens is 2. The van der Waals surface area contributed by atoms with Gasteiger partial charge >= 0.3 is 0 Å². The molecule has 1 heterocycles. The van der Waals surface area contributed by atoms with E-state index in [1.807, 2.05) is 45.0 Å². The summed E-state index contributed by atoms with van der Waals surface area (Å²) in [5.74, 6) is 0.0399. The molecule has 3 rings (SSSR count). The van der Waals surface area contributed by atoms with Crippen molar-refractivity contribution in [3.8, 4) is 0 Å². The van der Waals surface area contributed by atoms with Gasteiger partial charge in [-0.2, -0.15) is 0 Å². The van der Waals surface area contributed by atoms with Gasteiger partial charge in [0.15, 0.2) is 5.16 Å². The third-order valence-electron chi connectivity index (χ3n) is 4.80. The molecule has 0 bridgehead atoms. The van der Waals surface area contributed by atoms with Gasteiger partial charge < -0.3 is 10.1 Å². The molecule has 2 aromatic carbocycles. The molecule has 0 saturated heterocycles. The molecule has 32 heavy (non-hydrogen) atoms. The highest BCUT2D eigenvalue weighted by molar-refractivity contribution is 7.99. The third-order valence-corrected chi connectivity index (χ3v) is 6.01. The van der Waals surface area contributed by atoms with Crippen molar-refractivity contribution in [3.63, 3.8) is 0 Å². The van der Waals surface area contributed by atoms with Crippen molar-refractivity contribution in [1.29, 1.82) is 0 Å². The summed E-state index contributed by atoms with van der Waals surface area (Å²) in [5, 5.41) is 4.44. The van der Waals surface area contributed by atoms with E-state index in [2.05, 4.69) is 10.3 Å². The lowest BCUT2D eigenvalue weighted by Crippen LogP contribution is -2.27. The lowest BCUT2D eigenvalue weighted by molar-refractivity contribution is -0.118. The van der Waals surface area contributed by atoms with Gasteiger partial charge in [0.25, 0.3) is 5.56 Å². The molecule has 1 amide bonds. The molecule has 0 spiro atoms. The van der Waals surface area contributed by atoms with Crippen molar-refractivity contribution in [2.45, 2.75) is 51.5 Å².